The lowest BCUT2D eigenvalue weighted by molar-refractivity contribution is -0.519. The largest absolute Gasteiger partial charge is 0.344 e. The second kappa shape index (κ2) is 11.2. The fourth-order valence-electron chi connectivity index (χ4n) is 7.66. The second-order valence-electron chi connectivity index (χ2n) is 13.4. The van der Waals surface area contributed by atoms with Crippen LogP contribution < -0.4 is 4.90 Å². The molecule has 0 spiro atoms. The van der Waals surface area contributed by atoms with Gasteiger partial charge in [0.15, 0.2) is 19.3 Å². The number of benzene rings is 4. The number of anilines is 1. The molecule has 4 nitrogen and oxygen atoms in total. The molecule has 0 fully saturated rings. The number of hydrogen-bond acceptors (Lipinski definition) is 2. The normalized spacial score (nSPS) is 17.9. The van der Waals surface area contributed by atoms with Gasteiger partial charge in [-0.3, -0.25) is 0 Å². The van der Waals surface area contributed by atoms with Gasteiger partial charge in [-0.2, -0.15) is 4.58 Å². The first-order valence-corrected chi connectivity index (χ1v) is 15.8. The topological polar surface area (TPSA) is 26.3 Å². The lowest BCUT2D eigenvalue weighted by Gasteiger charge is -2.27. The Morgan fingerprint density at radius 2 is 1.40 bits per heavy atom. The second-order valence-corrected chi connectivity index (χ2v) is 13.4. The van der Waals surface area contributed by atoms with Gasteiger partial charge in [-0.05, 0) is 76.8 Å². The van der Waals surface area contributed by atoms with Crippen LogP contribution >= 0.6 is 0 Å². The van der Waals surface area contributed by atoms with Crippen LogP contribution in [0.2, 0.25) is 0 Å². The highest BCUT2D eigenvalue weighted by molar-refractivity contribution is 6.07. The summed E-state index contributed by atoms with van der Waals surface area (Å²) in [5.74, 6) is 0. The third-order valence-corrected chi connectivity index (χ3v) is 9.76. The number of unbranched alkanes of at least 4 members (excludes halogenated alkanes) is 3. The molecule has 4 heteroatoms. The van der Waals surface area contributed by atoms with Gasteiger partial charge >= 0.3 is 0 Å². The highest BCUT2D eigenvalue weighted by Crippen LogP contribution is 2.51. The molecule has 220 valence electrons. The molecule has 4 aromatic carbocycles. The van der Waals surface area contributed by atoms with Crippen molar-refractivity contribution in [2.45, 2.75) is 64.2 Å². The molecule has 2 heterocycles. The van der Waals surface area contributed by atoms with Crippen molar-refractivity contribution in [1.29, 1.82) is 0 Å². The zero-order valence-corrected chi connectivity index (χ0v) is 26.7. The third kappa shape index (κ3) is 5.01. The van der Waals surface area contributed by atoms with Crippen LogP contribution in [-0.4, -0.2) is 42.2 Å². The molecule has 0 atom stereocenters. The molecule has 2 aliphatic rings. The molecule has 0 aliphatic carbocycles. The molecule has 0 saturated carbocycles. The number of rotatable bonds is 9. The van der Waals surface area contributed by atoms with Gasteiger partial charge in [0.1, 0.15) is 7.05 Å². The van der Waals surface area contributed by atoms with E-state index >= 15 is 0 Å². The van der Waals surface area contributed by atoms with Crippen molar-refractivity contribution in [2.24, 2.45) is 0 Å². The zero-order chi connectivity index (χ0) is 30.4. The molecule has 0 amide bonds. The van der Waals surface area contributed by atoms with Gasteiger partial charge in [-0.1, -0.05) is 80.9 Å². The molecule has 43 heavy (non-hydrogen) atoms. The maximum absolute atomic E-state index is 11.3. The van der Waals surface area contributed by atoms with E-state index in [1.54, 1.807) is 7.05 Å². The summed E-state index contributed by atoms with van der Waals surface area (Å²) in [7, 11) is 3.81. The number of fused-ring (bicyclic) bond motifs is 6. The SMILES string of the molecule is C[N+](=O)CCCCCCN1/C(=C/C=C/C2=[N+](C)c3ccc4ccccc4c3C2(C)C)C(C)(C)c2c1ccc1ccccc21. The molecular weight excluding hydrogens is 526 g/mol. The fraction of sp³-hybridized carbons (Fsp3) is 0.359. The first-order valence-electron chi connectivity index (χ1n) is 15.8. The maximum Gasteiger partial charge on any atom is 0.210 e. The average Bonchev–Trinajstić information content (AvgIpc) is 3.33. The Bertz CT molecular complexity index is 1820. The molecule has 2 aliphatic heterocycles. The van der Waals surface area contributed by atoms with E-state index in [0.29, 0.717) is 6.54 Å². The van der Waals surface area contributed by atoms with Crippen LogP contribution in [0.25, 0.3) is 21.5 Å². The van der Waals surface area contributed by atoms with E-state index in [2.05, 4.69) is 135 Å². The lowest BCUT2D eigenvalue weighted by Crippen LogP contribution is -2.28. The van der Waals surface area contributed by atoms with Gasteiger partial charge in [-0.25, -0.2) is 0 Å². The summed E-state index contributed by atoms with van der Waals surface area (Å²) in [6.45, 7) is 11.1. The standard InChI is InChI=1S/C39H45N3O/c1-38(2)34(41(6)32-24-22-28-16-9-11-18-30(28)36(32)38)20-15-21-35-39(3,4)37-31-19-12-10-17-29(31)23-25-33(37)42(35)27-14-8-7-13-26-40(5)43/h9-12,15-25H,7-8,13-14,26-27H2,1-6H3/q+2. The first-order chi connectivity index (χ1) is 20.6. The highest BCUT2D eigenvalue weighted by atomic mass is 16.3. The summed E-state index contributed by atoms with van der Waals surface area (Å²) in [5, 5.41) is 5.27. The summed E-state index contributed by atoms with van der Waals surface area (Å²) >= 11 is 0. The van der Waals surface area contributed by atoms with Crippen LogP contribution in [0.4, 0.5) is 11.4 Å². The van der Waals surface area contributed by atoms with E-state index < -0.39 is 0 Å². The van der Waals surface area contributed by atoms with Gasteiger partial charge in [0.25, 0.3) is 0 Å². The Hall–Kier alpha value is -4.05. The Balaban J connectivity index is 1.35. The summed E-state index contributed by atoms with van der Waals surface area (Å²) in [6, 6.07) is 26.7. The van der Waals surface area contributed by atoms with Crippen molar-refractivity contribution in [3.05, 3.63) is 113 Å². The van der Waals surface area contributed by atoms with Crippen LogP contribution in [0.5, 0.6) is 0 Å². The number of nitrogens with zero attached hydrogens (tertiary/aromatic N) is 3. The van der Waals surface area contributed by atoms with E-state index in [0.717, 1.165) is 37.0 Å². The molecule has 0 saturated heterocycles. The third-order valence-electron chi connectivity index (χ3n) is 9.76. The molecule has 0 N–H and O–H groups in total. The van der Waals surface area contributed by atoms with E-state index in [4.69, 9.17) is 0 Å². The van der Waals surface area contributed by atoms with E-state index in [9.17, 15) is 4.91 Å². The minimum absolute atomic E-state index is 0.109. The predicted octanol–water partition coefficient (Wildman–Crippen LogP) is 9.21. The predicted molar refractivity (Wildman–Crippen MR) is 182 cm³/mol. The van der Waals surface area contributed by atoms with Gasteiger partial charge in [0.05, 0.1) is 5.41 Å². The van der Waals surface area contributed by atoms with Crippen LogP contribution in [0, 0.1) is 4.91 Å². The van der Waals surface area contributed by atoms with Crippen LogP contribution in [-0.2, 0) is 10.8 Å². The molecule has 0 radical (unpaired) electrons. The van der Waals surface area contributed by atoms with Crippen molar-refractivity contribution >= 4 is 38.6 Å². The molecule has 6 rings (SSSR count). The Kier molecular flexibility index (Phi) is 7.58. The maximum atomic E-state index is 11.3. The van der Waals surface area contributed by atoms with Crippen LogP contribution in [0.15, 0.2) is 96.7 Å². The minimum Gasteiger partial charge on any atom is -0.344 e. The van der Waals surface area contributed by atoms with Gasteiger partial charge in [0.2, 0.25) is 5.69 Å². The van der Waals surface area contributed by atoms with E-state index in [1.807, 2.05) is 0 Å². The molecular formula is C39H45N3O+2. The van der Waals surface area contributed by atoms with Crippen molar-refractivity contribution in [3.63, 3.8) is 0 Å². The molecule has 4 aromatic rings. The summed E-state index contributed by atoms with van der Waals surface area (Å²) < 4.78 is 3.41. The number of allylic oxidation sites excluding steroid dienone is 4. The van der Waals surface area contributed by atoms with Gasteiger partial charge < -0.3 is 4.90 Å². The van der Waals surface area contributed by atoms with Crippen molar-refractivity contribution in [1.82, 2.24) is 0 Å². The Morgan fingerprint density at radius 3 is 2.09 bits per heavy atom. The summed E-state index contributed by atoms with van der Waals surface area (Å²) in [4.78, 5) is 13.9. The van der Waals surface area contributed by atoms with Gasteiger partial charge in [-0.15, -0.1) is 0 Å². The van der Waals surface area contributed by atoms with Crippen LogP contribution in [0.1, 0.15) is 64.5 Å². The molecule has 0 unspecified atom stereocenters. The van der Waals surface area contributed by atoms with Crippen molar-refractivity contribution in [3.8, 4) is 0 Å². The number of nitroso groups, excluding NO2 is 1. The Labute approximate surface area is 256 Å². The minimum atomic E-state index is -0.132. The highest BCUT2D eigenvalue weighted by Gasteiger charge is 2.44. The Morgan fingerprint density at radius 1 is 0.767 bits per heavy atom. The van der Waals surface area contributed by atoms with Crippen molar-refractivity contribution in [2.75, 3.05) is 32.1 Å². The summed E-state index contributed by atoms with van der Waals surface area (Å²) in [5.41, 5.74) is 7.86. The average molecular weight is 572 g/mol. The lowest BCUT2D eigenvalue weighted by atomic mass is 9.79. The summed E-state index contributed by atoms with van der Waals surface area (Å²) in [6.07, 6.45) is 11.2. The first kappa shape index (κ1) is 29.0. The number of hydrogen-bond donors (Lipinski definition) is 0. The van der Waals surface area contributed by atoms with Crippen molar-refractivity contribution < 1.29 is 9.34 Å². The molecule has 0 bridgehead atoms. The van der Waals surface area contributed by atoms with Gasteiger partial charge in [0, 0.05) is 52.4 Å². The fourth-order valence-corrected chi connectivity index (χ4v) is 7.66. The molecule has 0 aromatic heterocycles. The van der Waals surface area contributed by atoms with Crippen LogP contribution in [0.3, 0.4) is 0 Å². The zero-order valence-electron chi connectivity index (χ0n) is 26.7. The smallest absolute Gasteiger partial charge is 0.210 e. The van der Waals surface area contributed by atoms with E-state index in [1.165, 1.54) is 55.5 Å². The quantitative estimate of drug-likeness (QED) is 0.148. The monoisotopic (exact) mass is 571 g/mol. The van der Waals surface area contributed by atoms with E-state index in [-0.39, 0.29) is 10.8 Å².